The van der Waals surface area contributed by atoms with Gasteiger partial charge in [0.2, 0.25) is 5.91 Å². The van der Waals surface area contributed by atoms with Gasteiger partial charge in [0.1, 0.15) is 23.7 Å². The molecule has 3 N–H and O–H groups in total. The summed E-state index contributed by atoms with van der Waals surface area (Å²) in [6.07, 6.45) is 5.57. The fraction of sp³-hybridized carbons (Fsp3) is 0.158. The predicted octanol–water partition coefficient (Wildman–Crippen LogP) is 2.58. The number of nitrogens with one attached hydrogen (secondary N) is 1. The quantitative estimate of drug-likeness (QED) is 0.548. The molecule has 1 amide bonds. The lowest BCUT2D eigenvalue weighted by Crippen LogP contribution is -2.27. The molecule has 1 atom stereocenters. The van der Waals surface area contributed by atoms with Crippen LogP contribution in [-0.4, -0.2) is 34.5 Å². The third-order valence-corrected chi connectivity index (χ3v) is 3.68. The number of anilines is 1. The van der Waals surface area contributed by atoms with Gasteiger partial charge in [-0.25, -0.2) is 14.4 Å². The van der Waals surface area contributed by atoms with Crippen molar-refractivity contribution >= 4 is 17.3 Å². The number of pyridine rings is 1. The third-order valence-electron chi connectivity index (χ3n) is 3.68. The van der Waals surface area contributed by atoms with Gasteiger partial charge in [-0.3, -0.25) is 9.78 Å². The summed E-state index contributed by atoms with van der Waals surface area (Å²) in [6, 6.07) is 4.98. The third kappa shape index (κ3) is 5.29. The molecule has 2 aromatic rings. The summed E-state index contributed by atoms with van der Waals surface area (Å²) in [7, 11) is 1.40. The van der Waals surface area contributed by atoms with Crippen molar-refractivity contribution in [1.82, 2.24) is 15.0 Å². The molecule has 2 aromatic heterocycles. The molecule has 140 valence electrons. The van der Waals surface area contributed by atoms with Crippen molar-refractivity contribution in [3.63, 3.8) is 0 Å². The Morgan fingerprint density at radius 1 is 1.44 bits per heavy atom. The maximum Gasteiger partial charge on any atom is 0.234 e. The minimum absolute atomic E-state index is 0.1000. The number of methoxy groups -OCH3 is 1. The lowest BCUT2D eigenvalue weighted by Gasteiger charge is -2.15. The number of nitrogens with two attached hydrogens (primary N) is 1. The number of ether oxygens (including phenoxy) is 1. The van der Waals surface area contributed by atoms with E-state index in [-0.39, 0.29) is 29.6 Å². The number of allylic oxidation sites excluding steroid dienone is 3. The fourth-order valence-electron chi connectivity index (χ4n) is 2.33. The molecular weight excluding hydrogens is 349 g/mol. The van der Waals surface area contributed by atoms with E-state index >= 15 is 0 Å². The van der Waals surface area contributed by atoms with E-state index in [1.807, 2.05) is 0 Å². The number of carbonyl (C=O) groups excluding carboxylic acids is 1. The monoisotopic (exact) mass is 369 g/mol. The maximum absolute atomic E-state index is 13.3. The normalized spacial score (nSPS) is 12.2. The summed E-state index contributed by atoms with van der Waals surface area (Å²) in [5.74, 6) is -1.20. The maximum atomic E-state index is 13.3. The van der Waals surface area contributed by atoms with Crippen LogP contribution < -0.4 is 11.1 Å². The standard InChI is InChI=1S/C19H20FN5O2/c1-12(20)7-15(13(2)27-3)17-8-18(24-11-23-17)25-19(26)16(9-21)14-5-4-6-22-10-14/h4-8,10-11,16H,1-2,9,21H2,3H3,(H,23,24,25,26)/b15-7+. The Hall–Kier alpha value is -3.39. The van der Waals surface area contributed by atoms with Gasteiger partial charge in [0.15, 0.2) is 0 Å². The molecule has 0 fully saturated rings. The van der Waals surface area contributed by atoms with Crippen LogP contribution in [0.5, 0.6) is 0 Å². The van der Waals surface area contributed by atoms with Crippen LogP contribution in [-0.2, 0) is 9.53 Å². The molecule has 1 unspecified atom stereocenters. The van der Waals surface area contributed by atoms with Crippen LogP contribution in [0.4, 0.5) is 10.2 Å². The first-order chi connectivity index (χ1) is 13.0. The van der Waals surface area contributed by atoms with Gasteiger partial charge < -0.3 is 15.8 Å². The molecule has 8 heteroatoms. The van der Waals surface area contributed by atoms with Gasteiger partial charge in [-0.15, -0.1) is 0 Å². The molecule has 0 bridgehead atoms. The van der Waals surface area contributed by atoms with E-state index in [0.717, 1.165) is 6.08 Å². The van der Waals surface area contributed by atoms with E-state index in [0.29, 0.717) is 11.3 Å². The number of hydrogen-bond donors (Lipinski definition) is 2. The van der Waals surface area contributed by atoms with Crippen LogP contribution in [0, 0.1) is 0 Å². The SMILES string of the molecule is C=C(F)/C=C(\C(=C)OC)c1cc(NC(=O)C(CN)c2cccnc2)ncn1. The Morgan fingerprint density at radius 3 is 2.81 bits per heavy atom. The second-order valence-electron chi connectivity index (χ2n) is 5.48. The fourth-order valence-corrected chi connectivity index (χ4v) is 2.33. The molecule has 7 nitrogen and oxygen atoms in total. The highest BCUT2D eigenvalue weighted by Gasteiger charge is 2.20. The average molecular weight is 369 g/mol. The average Bonchev–Trinajstić information content (AvgIpc) is 2.67. The minimum atomic E-state index is -0.688. The highest BCUT2D eigenvalue weighted by molar-refractivity contribution is 5.95. The highest BCUT2D eigenvalue weighted by Crippen LogP contribution is 2.24. The Morgan fingerprint density at radius 2 is 2.22 bits per heavy atom. The molecule has 0 saturated heterocycles. The van der Waals surface area contributed by atoms with Gasteiger partial charge in [-0.2, -0.15) is 0 Å². The van der Waals surface area contributed by atoms with Gasteiger partial charge in [-0.05, 0) is 17.7 Å². The summed E-state index contributed by atoms with van der Waals surface area (Å²) < 4.78 is 18.3. The van der Waals surface area contributed by atoms with E-state index in [1.54, 1.807) is 24.5 Å². The van der Waals surface area contributed by atoms with Crippen molar-refractivity contribution in [2.75, 3.05) is 19.0 Å². The zero-order valence-corrected chi connectivity index (χ0v) is 14.9. The van der Waals surface area contributed by atoms with Crippen molar-refractivity contribution in [3.05, 3.63) is 79.0 Å². The van der Waals surface area contributed by atoms with E-state index in [2.05, 4.69) is 33.4 Å². The van der Waals surface area contributed by atoms with Crippen molar-refractivity contribution in [2.45, 2.75) is 5.92 Å². The molecular formula is C19H20FN5O2. The first kappa shape index (κ1) is 19.9. The van der Waals surface area contributed by atoms with Crippen LogP contribution in [0.3, 0.4) is 0 Å². The van der Waals surface area contributed by atoms with E-state index < -0.39 is 11.7 Å². The largest absolute Gasteiger partial charge is 0.497 e. The summed E-state index contributed by atoms with van der Waals surface area (Å²) in [5, 5.41) is 2.69. The minimum Gasteiger partial charge on any atom is -0.497 e. The van der Waals surface area contributed by atoms with Crippen LogP contribution in [0.2, 0.25) is 0 Å². The zero-order valence-electron chi connectivity index (χ0n) is 14.9. The number of rotatable bonds is 8. The molecule has 0 aliphatic carbocycles. The molecule has 0 saturated carbocycles. The van der Waals surface area contributed by atoms with Gasteiger partial charge in [0.05, 0.1) is 18.7 Å². The Bertz CT molecular complexity index is 867. The molecule has 2 rings (SSSR count). The molecule has 27 heavy (non-hydrogen) atoms. The Balaban J connectivity index is 2.27. The number of aromatic nitrogens is 3. The second kappa shape index (κ2) is 9.35. The topological polar surface area (TPSA) is 103 Å². The molecule has 0 spiro atoms. The van der Waals surface area contributed by atoms with Crippen molar-refractivity contribution < 1.29 is 13.9 Å². The van der Waals surface area contributed by atoms with E-state index in [4.69, 9.17) is 10.5 Å². The molecule has 0 aliphatic heterocycles. The van der Waals surface area contributed by atoms with Crippen LogP contribution in [0.25, 0.3) is 5.57 Å². The van der Waals surface area contributed by atoms with Gasteiger partial charge >= 0.3 is 0 Å². The number of nitrogens with zero attached hydrogens (tertiary/aromatic N) is 3. The molecule has 0 radical (unpaired) electrons. The number of amides is 1. The first-order valence-corrected chi connectivity index (χ1v) is 7.99. The number of hydrogen-bond acceptors (Lipinski definition) is 6. The van der Waals surface area contributed by atoms with Crippen molar-refractivity contribution in [1.29, 1.82) is 0 Å². The van der Waals surface area contributed by atoms with Crippen LogP contribution in [0.1, 0.15) is 17.2 Å². The van der Waals surface area contributed by atoms with Gasteiger partial charge in [0, 0.05) is 30.6 Å². The first-order valence-electron chi connectivity index (χ1n) is 7.99. The molecule has 2 heterocycles. The molecule has 0 aliphatic rings. The Labute approximate surface area is 156 Å². The lowest BCUT2D eigenvalue weighted by atomic mass is 10.0. The van der Waals surface area contributed by atoms with Gasteiger partial charge in [-0.1, -0.05) is 19.2 Å². The lowest BCUT2D eigenvalue weighted by molar-refractivity contribution is -0.117. The highest BCUT2D eigenvalue weighted by atomic mass is 19.1. The predicted molar refractivity (Wildman–Crippen MR) is 101 cm³/mol. The smallest absolute Gasteiger partial charge is 0.234 e. The summed E-state index contributed by atoms with van der Waals surface area (Å²) in [4.78, 5) is 24.7. The number of halogens is 1. The van der Waals surface area contributed by atoms with Crippen molar-refractivity contribution in [2.24, 2.45) is 5.73 Å². The zero-order chi connectivity index (χ0) is 19.8. The van der Waals surface area contributed by atoms with E-state index in [1.165, 1.54) is 19.5 Å². The van der Waals surface area contributed by atoms with Crippen molar-refractivity contribution in [3.8, 4) is 0 Å². The summed E-state index contributed by atoms with van der Waals surface area (Å²) in [6.45, 7) is 7.01. The Kier molecular flexibility index (Phi) is 6.90. The number of carbonyl (C=O) groups is 1. The van der Waals surface area contributed by atoms with Crippen LogP contribution >= 0.6 is 0 Å². The second-order valence-corrected chi connectivity index (χ2v) is 5.48. The molecule has 0 aromatic carbocycles. The van der Waals surface area contributed by atoms with Crippen LogP contribution in [0.15, 0.2) is 67.7 Å². The summed E-state index contributed by atoms with van der Waals surface area (Å²) in [5.41, 5.74) is 7.03. The van der Waals surface area contributed by atoms with Gasteiger partial charge in [0.25, 0.3) is 0 Å². The van der Waals surface area contributed by atoms with E-state index in [9.17, 15) is 9.18 Å². The summed E-state index contributed by atoms with van der Waals surface area (Å²) >= 11 is 0.